The van der Waals surface area contributed by atoms with Gasteiger partial charge in [-0.1, -0.05) is 34.4 Å². The Hall–Kier alpha value is -3.45. The molecule has 4 amide bonds. The van der Waals surface area contributed by atoms with E-state index in [9.17, 15) is 31.9 Å². The molecular weight excluding hydrogens is 521 g/mol. The first-order valence-corrected chi connectivity index (χ1v) is 10.5. The molecule has 0 bridgehead atoms. The lowest BCUT2D eigenvalue weighted by atomic mass is 10.1. The maximum absolute atomic E-state index is 13.7. The smallest absolute Gasteiger partial charge is 0.391 e. The highest BCUT2D eigenvalue weighted by Crippen LogP contribution is 2.32. The van der Waals surface area contributed by atoms with E-state index >= 15 is 0 Å². The van der Waals surface area contributed by atoms with E-state index in [1.807, 2.05) is 5.32 Å². The maximum atomic E-state index is 13.7. The average molecular weight is 536 g/mol. The third-order valence-electron chi connectivity index (χ3n) is 4.64. The highest BCUT2D eigenvalue weighted by Gasteiger charge is 2.39. The number of rotatable bonds is 8. The van der Waals surface area contributed by atoms with Gasteiger partial charge in [0, 0.05) is 24.8 Å². The van der Waals surface area contributed by atoms with Gasteiger partial charge in [-0.25, -0.2) is 14.2 Å². The average Bonchev–Trinajstić information content (AvgIpc) is 2.77. The van der Waals surface area contributed by atoms with Crippen molar-refractivity contribution in [1.82, 2.24) is 15.2 Å². The van der Waals surface area contributed by atoms with Crippen LogP contribution >= 0.6 is 23.2 Å². The molecule has 9 nitrogen and oxygen atoms in total. The zero-order chi connectivity index (χ0) is 25.8. The van der Waals surface area contributed by atoms with Crippen molar-refractivity contribution < 1.29 is 36.8 Å². The summed E-state index contributed by atoms with van der Waals surface area (Å²) in [5, 5.41) is 7.86. The van der Waals surface area contributed by atoms with E-state index in [2.05, 4.69) is 15.5 Å². The zero-order valence-electron chi connectivity index (χ0n) is 17.4. The van der Waals surface area contributed by atoms with E-state index < -0.39 is 41.3 Å². The Kier molecular flexibility index (Phi) is 8.12. The number of anilines is 1. The number of imide groups is 2. The Balaban J connectivity index is 1.58. The lowest BCUT2D eigenvalue weighted by Crippen LogP contribution is -2.59. The summed E-state index contributed by atoms with van der Waals surface area (Å²) in [6.07, 6.45) is -3.21. The van der Waals surface area contributed by atoms with Crippen LogP contribution in [0.5, 0.6) is 0 Å². The first-order chi connectivity index (χ1) is 16.5. The third kappa shape index (κ3) is 6.36. The Labute approximate surface area is 205 Å². The van der Waals surface area contributed by atoms with Gasteiger partial charge in [-0.05, 0) is 18.2 Å². The fourth-order valence-corrected chi connectivity index (χ4v) is 3.31. The number of halogens is 6. The number of aromatic nitrogens is 1. The van der Waals surface area contributed by atoms with Gasteiger partial charge in [-0.3, -0.25) is 19.8 Å². The third-order valence-corrected chi connectivity index (χ3v) is 5.28. The molecule has 186 valence electrons. The molecule has 3 rings (SSSR count). The molecule has 1 fully saturated rings. The molecule has 0 aliphatic carbocycles. The summed E-state index contributed by atoms with van der Waals surface area (Å²) in [6.45, 7) is -0.803. The van der Waals surface area contributed by atoms with Gasteiger partial charge in [-0.2, -0.15) is 13.2 Å². The van der Waals surface area contributed by atoms with Crippen LogP contribution in [0.25, 0.3) is 0 Å². The van der Waals surface area contributed by atoms with Crippen LogP contribution in [0.2, 0.25) is 10.0 Å². The van der Waals surface area contributed by atoms with Crippen molar-refractivity contribution in [2.75, 3.05) is 18.4 Å². The Bertz CT molecular complexity index is 1160. The van der Waals surface area contributed by atoms with Crippen LogP contribution in [0.3, 0.4) is 0 Å². The van der Waals surface area contributed by atoms with Crippen LogP contribution in [0.15, 0.2) is 35.6 Å². The predicted octanol–water partition coefficient (Wildman–Crippen LogP) is 3.86. The second kappa shape index (κ2) is 10.9. The second-order valence-corrected chi connectivity index (χ2v) is 7.78. The zero-order valence-corrected chi connectivity index (χ0v) is 18.9. The number of hydrogen-bond donors (Lipinski definition) is 2. The molecule has 2 aromatic rings. The molecule has 0 unspecified atom stereocenters. The van der Waals surface area contributed by atoms with Crippen molar-refractivity contribution in [1.29, 1.82) is 0 Å². The summed E-state index contributed by atoms with van der Waals surface area (Å²) in [5.74, 6) is -4.13. The molecule has 1 aliphatic rings. The molecular formula is C20H15Cl2F4N5O4. The van der Waals surface area contributed by atoms with Crippen LogP contribution in [0, 0.1) is 11.7 Å². The number of oxime groups is 1. The summed E-state index contributed by atoms with van der Waals surface area (Å²) in [5.41, 5.74) is -1.03. The van der Waals surface area contributed by atoms with E-state index in [0.29, 0.717) is 17.2 Å². The van der Waals surface area contributed by atoms with Gasteiger partial charge in [0.15, 0.2) is 5.92 Å². The Morgan fingerprint density at radius 3 is 2.63 bits per heavy atom. The number of urea groups is 1. The first-order valence-electron chi connectivity index (χ1n) is 9.70. The number of pyridine rings is 1. The van der Waals surface area contributed by atoms with Crippen LogP contribution in [0.4, 0.5) is 28.2 Å². The van der Waals surface area contributed by atoms with Crippen molar-refractivity contribution in [3.63, 3.8) is 0 Å². The van der Waals surface area contributed by atoms with Gasteiger partial charge in [0.05, 0.1) is 21.8 Å². The quantitative estimate of drug-likeness (QED) is 0.230. The molecule has 1 aliphatic heterocycles. The number of barbiturate groups is 1. The van der Waals surface area contributed by atoms with Crippen LogP contribution in [0.1, 0.15) is 11.1 Å². The number of nitrogens with one attached hydrogen (secondary N) is 2. The highest BCUT2D eigenvalue weighted by molar-refractivity contribution is 6.33. The van der Waals surface area contributed by atoms with E-state index in [1.54, 1.807) is 0 Å². The molecule has 2 N–H and O–H groups in total. The fraction of sp³-hybridized carbons (Fsp3) is 0.250. The minimum absolute atomic E-state index is 0.0177. The number of benzene rings is 1. The number of amides is 4. The van der Waals surface area contributed by atoms with E-state index in [1.165, 1.54) is 12.1 Å². The summed E-state index contributed by atoms with van der Waals surface area (Å²) in [4.78, 5) is 45.9. The number of carbonyl (C=O) groups excluding carboxylic acids is 3. The topological polar surface area (TPSA) is 113 Å². The minimum atomic E-state index is -4.62. The van der Waals surface area contributed by atoms with Crippen LogP contribution in [-0.2, 0) is 27.2 Å². The number of hydrogen-bond acceptors (Lipinski definition) is 7. The fourth-order valence-electron chi connectivity index (χ4n) is 2.86. The lowest BCUT2D eigenvalue weighted by molar-refractivity contribution is -0.140. The molecule has 0 spiro atoms. The van der Waals surface area contributed by atoms with E-state index in [0.717, 1.165) is 12.3 Å². The van der Waals surface area contributed by atoms with Gasteiger partial charge < -0.3 is 10.2 Å². The van der Waals surface area contributed by atoms with Crippen molar-refractivity contribution in [2.45, 2.75) is 12.8 Å². The summed E-state index contributed by atoms with van der Waals surface area (Å²) in [7, 11) is 0. The molecule has 15 heteroatoms. The Morgan fingerprint density at radius 2 is 1.97 bits per heavy atom. The number of carbonyl (C=O) groups is 3. The largest absolute Gasteiger partial charge is 0.417 e. The number of alkyl halides is 3. The summed E-state index contributed by atoms with van der Waals surface area (Å²) in [6, 6.07) is 3.68. The SMILES string of the molecule is O=C1NC(=O)N(CCNc2ncc(C(F)(F)F)cc2Cl)C(=O)[C@H]1/C=N\OCc1c(F)cccc1Cl. The summed E-state index contributed by atoms with van der Waals surface area (Å²) >= 11 is 11.7. The normalized spacial score (nSPS) is 16.6. The monoisotopic (exact) mass is 535 g/mol. The molecule has 1 atom stereocenters. The van der Waals surface area contributed by atoms with Crippen LogP contribution in [-0.4, -0.2) is 47.0 Å². The second-order valence-electron chi connectivity index (χ2n) is 6.97. The van der Waals surface area contributed by atoms with Crippen LogP contribution < -0.4 is 10.6 Å². The predicted molar refractivity (Wildman–Crippen MR) is 116 cm³/mol. The molecule has 1 saturated heterocycles. The minimum Gasteiger partial charge on any atom is -0.391 e. The van der Waals surface area contributed by atoms with Crippen molar-refractivity contribution in [3.8, 4) is 0 Å². The van der Waals surface area contributed by atoms with Gasteiger partial charge in [-0.15, -0.1) is 0 Å². The molecule has 1 aromatic heterocycles. The van der Waals surface area contributed by atoms with Gasteiger partial charge >= 0.3 is 12.2 Å². The highest BCUT2D eigenvalue weighted by atomic mass is 35.5. The Morgan fingerprint density at radius 1 is 1.23 bits per heavy atom. The van der Waals surface area contributed by atoms with Gasteiger partial charge in [0.2, 0.25) is 11.8 Å². The molecule has 35 heavy (non-hydrogen) atoms. The lowest BCUT2D eigenvalue weighted by Gasteiger charge is -2.28. The molecule has 0 saturated carbocycles. The van der Waals surface area contributed by atoms with Gasteiger partial charge in [0.25, 0.3) is 0 Å². The standard InChI is InChI=1S/C20H15Cl2F4N5O4/c21-13-2-1-3-15(23)12(13)9-35-29-8-11-17(32)30-19(34)31(18(11)33)5-4-27-16-14(22)6-10(7-28-16)20(24,25)26/h1-3,6-8,11H,4-5,9H2,(H,27,28)(H,30,32,34)/b29-8-/t11-/m0/s1. The van der Waals surface area contributed by atoms with E-state index in [4.69, 9.17) is 28.0 Å². The molecule has 2 heterocycles. The summed E-state index contributed by atoms with van der Waals surface area (Å²) < 4.78 is 51.9. The van der Waals surface area contributed by atoms with Crippen molar-refractivity contribution in [3.05, 3.63) is 57.5 Å². The van der Waals surface area contributed by atoms with Crippen molar-refractivity contribution >= 4 is 53.1 Å². The van der Waals surface area contributed by atoms with E-state index in [-0.39, 0.29) is 41.1 Å². The van der Waals surface area contributed by atoms with Crippen molar-refractivity contribution in [2.24, 2.45) is 11.1 Å². The maximum Gasteiger partial charge on any atom is 0.417 e. The number of nitrogens with zero attached hydrogens (tertiary/aromatic N) is 3. The molecule has 0 radical (unpaired) electrons. The van der Waals surface area contributed by atoms with Gasteiger partial charge in [0.1, 0.15) is 18.2 Å². The first kappa shape index (κ1) is 26.2. The molecule has 1 aromatic carbocycles.